The first-order valence-electron chi connectivity index (χ1n) is 6.05. The number of fused-ring (bicyclic) bond motifs is 3. The van der Waals surface area contributed by atoms with Crippen molar-refractivity contribution in [2.75, 3.05) is 0 Å². The maximum absolute atomic E-state index is 10.8. The largest absolute Gasteiger partial charge is 0.465 e. The number of rotatable bonds is 2. The summed E-state index contributed by atoms with van der Waals surface area (Å²) in [4.78, 5) is 15.3. The number of hydrogen-bond acceptors (Lipinski definition) is 3. The number of thiazole rings is 1. The smallest absolute Gasteiger partial charge is 0.405 e. The Kier molecular flexibility index (Phi) is 2.40. The monoisotopic (exact) mass is 252 g/mol. The van der Waals surface area contributed by atoms with Crippen LogP contribution in [0.1, 0.15) is 43.5 Å². The van der Waals surface area contributed by atoms with Crippen LogP contribution in [0.15, 0.2) is 11.6 Å². The van der Waals surface area contributed by atoms with E-state index < -0.39 is 6.09 Å². The van der Waals surface area contributed by atoms with Crippen molar-refractivity contribution in [2.24, 2.45) is 0 Å². The zero-order chi connectivity index (χ0) is 11.9. The van der Waals surface area contributed by atoms with E-state index in [4.69, 9.17) is 5.11 Å². The highest BCUT2D eigenvalue weighted by Gasteiger charge is 2.51. The lowest BCUT2D eigenvalue weighted by atomic mass is 9.57. The number of carboxylic acid groups (broad SMARTS) is 1. The van der Waals surface area contributed by atoms with Crippen LogP contribution in [0.3, 0.4) is 0 Å². The van der Waals surface area contributed by atoms with E-state index in [1.165, 1.54) is 5.01 Å². The van der Waals surface area contributed by atoms with Gasteiger partial charge in [0.25, 0.3) is 0 Å². The van der Waals surface area contributed by atoms with Crippen molar-refractivity contribution in [3.63, 3.8) is 0 Å². The minimum Gasteiger partial charge on any atom is -0.465 e. The first-order chi connectivity index (χ1) is 8.14. The van der Waals surface area contributed by atoms with Crippen molar-refractivity contribution < 1.29 is 9.90 Å². The van der Waals surface area contributed by atoms with E-state index in [0.29, 0.717) is 0 Å². The second kappa shape index (κ2) is 3.70. The third-order valence-electron chi connectivity index (χ3n) is 4.50. The molecule has 4 nitrogen and oxygen atoms in total. The molecule has 0 radical (unpaired) electrons. The lowest BCUT2D eigenvalue weighted by Crippen LogP contribution is -2.57. The van der Waals surface area contributed by atoms with Gasteiger partial charge >= 0.3 is 6.09 Å². The molecule has 92 valence electrons. The van der Waals surface area contributed by atoms with E-state index in [0.717, 1.165) is 38.5 Å². The molecule has 1 amide bonds. The average Bonchev–Trinajstić information content (AvgIpc) is 2.84. The van der Waals surface area contributed by atoms with Gasteiger partial charge in [-0.2, -0.15) is 0 Å². The molecule has 0 aliphatic heterocycles. The zero-order valence-corrected chi connectivity index (χ0v) is 10.4. The van der Waals surface area contributed by atoms with Crippen molar-refractivity contribution >= 4 is 17.4 Å². The van der Waals surface area contributed by atoms with Crippen LogP contribution in [-0.4, -0.2) is 21.7 Å². The van der Waals surface area contributed by atoms with E-state index in [2.05, 4.69) is 10.3 Å². The van der Waals surface area contributed by atoms with Crippen LogP contribution in [0.25, 0.3) is 0 Å². The fourth-order valence-corrected chi connectivity index (χ4v) is 4.33. The molecule has 3 aliphatic carbocycles. The highest BCUT2D eigenvalue weighted by Crippen LogP contribution is 2.53. The molecule has 0 atom stereocenters. The molecule has 5 heteroatoms. The minimum atomic E-state index is -0.881. The number of nitrogens with zero attached hydrogens (tertiary/aromatic N) is 1. The Bertz CT molecular complexity index is 405. The minimum absolute atomic E-state index is 0.148. The molecule has 4 rings (SSSR count). The number of amides is 1. The molecule has 1 heterocycles. The molecular weight excluding hydrogens is 236 g/mol. The van der Waals surface area contributed by atoms with Gasteiger partial charge in [0.1, 0.15) is 0 Å². The molecule has 17 heavy (non-hydrogen) atoms. The van der Waals surface area contributed by atoms with E-state index in [1.807, 2.05) is 11.6 Å². The first kappa shape index (κ1) is 11.0. The van der Waals surface area contributed by atoms with Gasteiger partial charge in [-0.3, -0.25) is 0 Å². The van der Waals surface area contributed by atoms with Crippen molar-refractivity contribution in [1.29, 1.82) is 0 Å². The van der Waals surface area contributed by atoms with Gasteiger partial charge in [0.15, 0.2) is 0 Å². The maximum Gasteiger partial charge on any atom is 0.405 e. The summed E-state index contributed by atoms with van der Waals surface area (Å²) in [7, 11) is 0. The summed E-state index contributed by atoms with van der Waals surface area (Å²) >= 11 is 1.74. The third-order valence-corrected chi connectivity index (χ3v) is 5.52. The topological polar surface area (TPSA) is 62.2 Å². The van der Waals surface area contributed by atoms with Crippen molar-refractivity contribution in [3.05, 3.63) is 16.6 Å². The van der Waals surface area contributed by atoms with Crippen LogP contribution in [0.4, 0.5) is 4.79 Å². The Morgan fingerprint density at radius 1 is 1.29 bits per heavy atom. The third kappa shape index (κ3) is 1.73. The van der Waals surface area contributed by atoms with Gasteiger partial charge in [0.2, 0.25) is 0 Å². The van der Waals surface area contributed by atoms with E-state index in [9.17, 15) is 4.79 Å². The van der Waals surface area contributed by atoms with Gasteiger partial charge in [-0.05, 0) is 38.5 Å². The van der Waals surface area contributed by atoms with Gasteiger partial charge in [0.05, 0.1) is 5.01 Å². The Labute approximate surface area is 104 Å². The second-order valence-corrected chi connectivity index (χ2v) is 6.22. The van der Waals surface area contributed by atoms with E-state index >= 15 is 0 Å². The van der Waals surface area contributed by atoms with Crippen LogP contribution in [-0.2, 0) is 5.41 Å². The summed E-state index contributed by atoms with van der Waals surface area (Å²) in [5.41, 5.74) is 0.0982. The number of hydrogen-bond donors (Lipinski definition) is 2. The standard InChI is InChI=1S/C12H16N2O2S/c15-10(16)14-12-4-1-11(2-5-12,3-6-12)9-13-7-8-17-9/h7-8,14H,1-6H2,(H,15,16). The summed E-state index contributed by atoms with van der Waals surface area (Å²) in [6.45, 7) is 0. The van der Waals surface area contributed by atoms with Crippen molar-refractivity contribution in [2.45, 2.75) is 49.5 Å². The fourth-order valence-electron chi connectivity index (χ4n) is 3.41. The summed E-state index contributed by atoms with van der Waals surface area (Å²) in [5.74, 6) is 0. The number of carbonyl (C=O) groups is 1. The molecule has 1 aromatic rings. The van der Waals surface area contributed by atoms with Gasteiger partial charge in [-0.15, -0.1) is 11.3 Å². The predicted octanol–water partition coefficient (Wildman–Crippen LogP) is 2.76. The van der Waals surface area contributed by atoms with Crippen molar-refractivity contribution in [1.82, 2.24) is 10.3 Å². The highest BCUT2D eigenvalue weighted by molar-refractivity contribution is 7.09. The Morgan fingerprint density at radius 2 is 1.94 bits per heavy atom. The Hall–Kier alpha value is -1.10. The van der Waals surface area contributed by atoms with Crippen LogP contribution in [0.2, 0.25) is 0 Å². The maximum atomic E-state index is 10.8. The van der Waals surface area contributed by atoms with Gasteiger partial charge in [-0.25, -0.2) is 9.78 Å². The normalized spacial score (nSPS) is 35.8. The molecule has 0 unspecified atom stereocenters. The Morgan fingerprint density at radius 3 is 2.41 bits per heavy atom. The molecule has 2 bridgehead atoms. The summed E-state index contributed by atoms with van der Waals surface area (Å²) in [6.07, 6.45) is 7.08. The molecule has 3 saturated carbocycles. The van der Waals surface area contributed by atoms with Gasteiger partial charge < -0.3 is 10.4 Å². The summed E-state index contributed by atoms with van der Waals surface area (Å²) in [6, 6.07) is 0. The second-order valence-electron chi connectivity index (χ2n) is 5.33. The van der Waals surface area contributed by atoms with E-state index in [-0.39, 0.29) is 11.0 Å². The van der Waals surface area contributed by atoms with Crippen LogP contribution >= 0.6 is 11.3 Å². The number of nitrogens with one attached hydrogen (secondary N) is 1. The SMILES string of the molecule is O=C(O)NC12CCC(c3nccs3)(CC1)CC2. The zero-order valence-electron chi connectivity index (χ0n) is 9.61. The van der Waals surface area contributed by atoms with Crippen LogP contribution in [0, 0.1) is 0 Å². The van der Waals surface area contributed by atoms with Crippen LogP contribution < -0.4 is 5.32 Å². The molecule has 0 aromatic carbocycles. The lowest BCUT2D eigenvalue weighted by Gasteiger charge is -2.52. The van der Waals surface area contributed by atoms with Crippen LogP contribution in [0.5, 0.6) is 0 Å². The molecule has 3 fully saturated rings. The first-order valence-corrected chi connectivity index (χ1v) is 6.93. The molecule has 0 saturated heterocycles. The quantitative estimate of drug-likeness (QED) is 0.850. The molecule has 1 aromatic heterocycles. The van der Waals surface area contributed by atoms with E-state index in [1.54, 1.807) is 11.3 Å². The fraction of sp³-hybridized carbons (Fsp3) is 0.667. The Balaban J connectivity index is 1.80. The lowest BCUT2D eigenvalue weighted by molar-refractivity contribution is 0.0746. The van der Waals surface area contributed by atoms with Crippen molar-refractivity contribution in [3.8, 4) is 0 Å². The molecular formula is C12H16N2O2S. The number of aromatic nitrogens is 1. The molecule has 2 N–H and O–H groups in total. The summed E-state index contributed by atoms with van der Waals surface area (Å²) in [5, 5.41) is 14.9. The van der Waals surface area contributed by atoms with Gasteiger partial charge in [-0.1, -0.05) is 0 Å². The molecule has 0 spiro atoms. The molecule has 3 aliphatic rings. The average molecular weight is 252 g/mol. The highest BCUT2D eigenvalue weighted by atomic mass is 32.1. The van der Waals surface area contributed by atoms with Gasteiger partial charge in [0, 0.05) is 22.5 Å². The predicted molar refractivity (Wildman–Crippen MR) is 65.4 cm³/mol. The summed E-state index contributed by atoms with van der Waals surface area (Å²) < 4.78 is 0.